The van der Waals surface area contributed by atoms with Gasteiger partial charge in [0, 0.05) is 5.57 Å². The van der Waals surface area contributed by atoms with E-state index in [4.69, 9.17) is 9.16 Å². The number of ether oxygens (including phenoxy) is 1. The van der Waals surface area contributed by atoms with Crippen molar-refractivity contribution in [2.45, 2.75) is 58.4 Å². The molecule has 0 unspecified atom stereocenters. The topological polar surface area (TPSA) is 35.5 Å². The van der Waals surface area contributed by atoms with Crippen molar-refractivity contribution in [3.63, 3.8) is 0 Å². The molecule has 4 heteroatoms. The van der Waals surface area contributed by atoms with Crippen LogP contribution < -0.4 is 0 Å². The summed E-state index contributed by atoms with van der Waals surface area (Å²) < 4.78 is 11.5. The smallest absolute Gasteiger partial charge is 0.333 e. The highest BCUT2D eigenvalue weighted by Gasteiger charge is 2.30. The summed E-state index contributed by atoms with van der Waals surface area (Å²) >= 11 is 0. The zero-order chi connectivity index (χ0) is 17.1. The first kappa shape index (κ1) is 19.7. The summed E-state index contributed by atoms with van der Waals surface area (Å²) in [4.78, 5) is 11.3. The van der Waals surface area contributed by atoms with Crippen LogP contribution in [0.4, 0.5) is 0 Å². The highest BCUT2D eigenvalue weighted by molar-refractivity contribution is 6.73. The fraction of sp³-hybridized carbons (Fsp3) is 0.526. The number of carbonyl (C=O) groups excluding carboxylic acids is 1. The highest BCUT2D eigenvalue weighted by atomic mass is 28.4. The lowest BCUT2D eigenvalue weighted by Gasteiger charge is -2.29. The number of carbonyl (C=O) groups is 1. The molecular weight excluding hydrogens is 304 g/mol. The van der Waals surface area contributed by atoms with Gasteiger partial charge in [0.25, 0.3) is 0 Å². The summed E-state index contributed by atoms with van der Waals surface area (Å²) in [6, 6.07) is 13.7. The number of benzene rings is 1. The standard InChI is InChI=1S/C19H30O3Si/c1-5-23(6-2,22-16-18-12-8-7-9-13-18)15-11-10-14-21-19(20)17(3)4/h7-9,12-13H,3,5-6,10-11,14-16H2,1-2,4H3. The Bertz CT molecular complexity index is 481. The first-order chi connectivity index (χ1) is 11.0. The molecule has 0 spiro atoms. The van der Waals surface area contributed by atoms with Gasteiger partial charge < -0.3 is 9.16 Å². The largest absolute Gasteiger partial charge is 0.462 e. The van der Waals surface area contributed by atoms with Crippen LogP contribution in [0.15, 0.2) is 42.5 Å². The molecule has 0 saturated carbocycles. The van der Waals surface area contributed by atoms with Crippen molar-refractivity contribution in [3.8, 4) is 0 Å². The van der Waals surface area contributed by atoms with Gasteiger partial charge in [-0.2, -0.15) is 0 Å². The van der Waals surface area contributed by atoms with Crippen molar-refractivity contribution in [1.29, 1.82) is 0 Å². The Morgan fingerprint density at radius 2 is 1.78 bits per heavy atom. The van der Waals surface area contributed by atoms with Gasteiger partial charge in [0.2, 0.25) is 0 Å². The average Bonchev–Trinajstić information content (AvgIpc) is 2.58. The Labute approximate surface area is 141 Å². The SMILES string of the molecule is C=C(C)C(=O)OCCCC[Si](CC)(CC)OCc1ccccc1. The Morgan fingerprint density at radius 1 is 1.13 bits per heavy atom. The van der Waals surface area contributed by atoms with Crippen LogP contribution in [0.1, 0.15) is 39.2 Å². The molecule has 128 valence electrons. The van der Waals surface area contributed by atoms with Crippen molar-refractivity contribution in [3.05, 3.63) is 48.0 Å². The Kier molecular flexibility index (Phi) is 8.88. The van der Waals surface area contributed by atoms with E-state index < -0.39 is 8.32 Å². The van der Waals surface area contributed by atoms with Crippen LogP contribution in [0, 0.1) is 0 Å². The molecular formula is C19H30O3Si. The lowest BCUT2D eigenvalue weighted by molar-refractivity contribution is -0.139. The van der Waals surface area contributed by atoms with Crippen LogP contribution in [-0.2, 0) is 20.6 Å². The van der Waals surface area contributed by atoms with Gasteiger partial charge in [-0.3, -0.25) is 0 Å². The van der Waals surface area contributed by atoms with Gasteiger partial charge in [0.15, 0.2) is 8.32 Å². The molecule has 0 fully saturated rings. The minimum Gasteiger partial charge on any atom is -0.462 e. The molecule has 0 bridgehead atoms. The third kappa shape index (κ3) is 7.14. The molecule has 0 heterocycles. The zero-order valence-electron chi connectivity index (χ0n) is 14.8. The lowest BCUT2D eigenvalue weighted by atomic mass is 10.2. The Hall–Kier alpha value is -1.39. The van der Waals surface area contributed by atoms with Gasteiger partial charge in [-0.1, -0.05) is 57.2 Å². The van der Waals surface area contributed by atoms with Crippen LogP contribution in [0.3, 0.4) is 0 Å². The number of hydrogen-bond acceptors (Lipinski definition) is 3. The van der Waals surface area contributed by atoms with Gasteiger partial charge in [0.05, 0.1) is 13.2 Å². The summed E-state index contributed by atoms with van der Waals surface area (Å²) in [5.41, 5.74) is 1.70. The highest BCUT2D eigenvalue weighted by Crippen LogP contribution is 2.26. The predicted octanol–water partition coefficient (Wildman–Crippen LogP) is 5.09. The van der Waals surface area contributed by atoms with E-state index in [0.29, 0.717) is 18.8 Å². The second kappa shape index (κ2) is 10.4. The summed E-state index contributed by atoms with van der Waals surface area (Å²) in [6.45, 7) is 10.9. The lowest BCUT2D eigenvalue weighted by Crippen LogP contribution is -2.36. The third-order valence-corrected chi connectivity index (χ3v) is 8.88. The minimum absolute atomic E-state index is 0.292. The Balaban J connectivity index is 2.38. The van der Waals surface area contributed by atoms with Crippen molar-refractivity contribution in [1.82, 2.24) is 0 Å². The molecule has 0 amide bonds. The number of esters is 1. The van der Waals surface area contributed by atoms with Gasteiger partial charge in [-0.25, -0.2) is 4.79 Å². The maximum absolute atomic E-state index is 11.3. The van der Waals surface area contributed by atoms with Gasteiger partial charge in [-0.15, -0.1) is 0 Å². The van der Waals surface area contributed by atoms with Crippen LogP contribution in [0.2, 0.25) is 18.1 Å². The van der Waals surface area contributed by atoms with E-state index in [1.807, 2.05) is 6.07 Å². The van der Waals surface area contributed by atoms with Gasteiger partial charge in [-0.05, 0) is 37.0 Å². The van der Waals surface area contributed by atoms with Crippen molar-refractivity contribution < 1.29 is 14.0 Å². The van der Waals surface area contributed by atoms with Crippen LogP contribution in [-0.4, -0.2) is 20.9 Å². The van der Waals surface area contributed by atoms with Crippen LogP contribution >= 0.6 is 0 Å². The molecule has 0 N–H and O–H groups in total. The fourth-order valence-corrected chi connectivity index (χ4v) is 5.65. The van der Waals surface area contributed by atoms with E-state index in [1.54, 1.807) is 6.92 Å². The second-order valence-electron chi connectivity index (χ2n) is 6.04. The molecule has 0 aliphatic heterocycles. The molecule has 0 radical (unpaired) electrons. The summed E-state index contributed by atoms with van der Waals surface area (Å²) in [6.07, 6.45) is 1.94. The van der Waals surface area contributed by atoms with Crippen molar-refractivity contribution >= 4 is 14.3 Å². The molecule has 1 rings (SSSR count). The van der Waals surface area contributed by atoms with E-state index in [-0.39, 0.29) is 5.97 Å². The monoisotopic (exact) mass is 334 g/mol. The quantitative estimate of drug-likeness (QED) is 0.245. The van der Waals surface area contributed by atoms with Gasteiger partial charge >= 0.3 is 5.97 Å². The summed E-state index contributed by atoms with van der Waals surface area (Å²) in [5.74, 6) is -0.292. The molecule has 1 aromatic carbocycles. The third-order valence-electron chi connectivity index (χ3n) is 4.28. The number of rotatable bonds is 11. The summed E-state index contributed by atoms with van der Waals surface area (Å²) in [5, 5.41) is 0. The molecule has 0 aromatic heterocycles. The maximum atomic E-state index is 11.3. The minimum atomic E-state index is -1.68. The maximum Gasteiger partial charge on any atom is 0.333 e. The first-order valence-corrected chi connectivity index (χ1v) is 11.1. The molecule has 0 aliphatic rings. The molecule has 0 saturated heterocycles. The fourth-order valence-electron chi connectivity index (χ4n) is 2.53. The molecule has 0 aliphatic carbocycles. The van der Waals surface area contributed by atoms with Crippen molar-refractivity contribution in [2.75, 3.05) is 6.61 Å². The number of hydrogen-bond donors (Lipinski definition) is 0. The average molecular weight is 335 g/mol. The van der Waals surface area contributed by atoms with E-state index in [2.05, 4.69) is 44.7 Å². The van der Waals surface area contributed by atoms with Gasteiger partial charge in [0.1, 0.15) is 0 Å². The van der Waals surface area contributed by atoms with E-state index >= 15 is 0 Å². The van der Waals surface area contributed by atoms with Crippen LogP contribution in [0.25, 0.3) is 0 Å². The molecule has 3 nitrogen and oxygen atoms in total. The normalized spacial score (nSPS) is 11.3. The predicted molar refractivity (Wildman–Crippen MR) is 97.8 cm³/mol. The van der Waals surface area contributed by atoms with Crippen LogP contribution in [0.5, 0.6) is 0 Å². The molecule has 1 aromatic rings. The molecule has 0 atom stereocenters. The second-order valence-corrected chi connectivity index (χ2v) is 10.6. The first-order valence-electron chi connectivity index (χ1n) is 8.53. The molecule has 23 heavy (non-hydrogen) atoms. The number of unbranched alkanes of at least 4 members (excludes halogenated alkanes) is 1. The summed E-state index contributed by atoms with van der Waals surface area (Å²) in [7, 11) is -1.68. The van der Waals surface area contributed by atoms with E-state index in [1.165, 1.54) is 5.56 Å². The van der Waals surface area contributed by atoms with E-state index in [0.717, 1.165) is 31.0 Å². The van der Waals surface area contributed by atoms with E-state index in [9.17, 15) is 4.79 Å². The Morgan fingerprint density at radius 3 is 2.35 bits per heavy atom. The zero-order valence-corrected chi connectivity index (χ0v) is 15.8. The van der Waals surface area contributed by atoms with Crippen molar-refractivity contribution in [2.24, 2.45) is 0 Å².